The van der Waals surface area contributed by atoms with Crippen molar-refractivity contribution >= 4 is 21.9 Å². The van der Waals surface area contributed by atoms with E-state index in [0.29, 0.717) is 39.7 Å². The molecule has 0 aliphatic carbocycles. The average molecular weight is 560 g/mol. The number of halogens is 4. The number of nitriles is 1. The first-order valence-electron chi connectivity index (χ1n) is 11.5. The van der Waals surface area contributed by atoms with Crippen molar-refractivity contribution in [3.8, 4) is 17.7 Å². The summed E-state index contributed by atoms with van der Waals surface area (Å²) in [4.78, 5) is 11.0. The Bertz CT molecular complexity index is 1260. The molecule has 0 amide bonds. The van der Waals surface area contributed by atoms with Crippen LogP contribution in [0.1, 0.15) is 40.7 Å². The van der Waals surface area contributed by atoms with Gasteiger partial charge in [-0.3, -0.25) is 4.90 Å². The van der Waals surface area contributed by atoms with Gasteiger partial charge in [-0.2, -0.15) is 23.4 Å². The van der Waals surface area contributed by atoms with Gasteiger partial charge in [0.15, 0.2) is 0 Å². The fraction of sp³-hybridized carbons (Fsp3) is 0.346. The fourth-order valence-electron chi connectivity index (χ4n) is 4.29. The van der Waals surface area contributed by atoms with Crippen LogP contribution in [0.5, 0.6) is 11.6 Å². The highest BCUT2D eigenvalue weighted by Crippen LogP contribution is 2.33. The summed E-state index contributed by atoms with van der Waals surface area (Å²) in [6.07, 6.45) is -1.09. The van der Waals surface area contributed by atoms with Crippen LogP contribution in [-0.2, 0) is 12.7 Å². The van der Waals surface area contributed by atoms with Crippen molar-refractivity contribution in [1.29, 1.82) is 5.26 Å². The Kier molecular flexibility index (Phi) is 7.81. The molecule has 0 atom stereocenters. The molecule has 1 aromatic heterocycles. The van der Waals surface area contributed by atoms with Crippen LogP contribution in [-0.4, -0.2) is 34.0 Å². The topological polar surface area (TPSA) is 74.1 Å². The van der Waals surface area contributed by atoms with Crippen molar-refractivity contribution in [1.82, 2.24) is 14.9 Å². The minimum atomic E-state index is -4.34. The van der Waals surface area contributed by atoms with Crippen molar-refractivity contribution < 1.29 is 17.9 Å². The molecule has 0 unspecified atom stereocenters. The standard InChI is InChI=1S/C26H25BrF3N5O/c1-16-10-19(13-31)11-17(2)23(16)36-24-22(27)14-32-25(34-24)33-21-6-8-35(9-7-21)15-18-4-3-5-20(12-18)26(28,29)30/h3-5,10-12,14,21H,6-9,15H2,1-2H3,(H,32,33,34). The summed E-state index contributed by atoms with van der Waals surface area (Å²) in [5.41, 5.74) is 2.27. The van der Waals surface area contributed by atoms with E-state index in [1.807, 2.05) is 13.8 Å². The zero-order valence-electron chi connectivity index (χ0n) is 19.9. The number of piperidine rings is 1. The first kappa shape index (κ1) is 25.9. The van der Waals surface area contributed by atoms with E-state index in [2.05, 4.69) is 42.2 Å². The number of likely N-dealkylation sites (tertiary alicyclic amines) is 1. The highest BCUT2D eigenvalue weighted by Gasteiger charge is 2.30. The van der Waals surface area contributed by atoms with Crippen LogP contribution in [0.25, 0.3) is 0 Å². The minimum Gasteiger partial charge on any atom is -0.437 e. The van der Waals surface area contributed by atoms with Gasteiger partial charge in [-0.25, -0.2) is 4.98 Å². The second-order valence-corrected chi connectivity index (χ2v) is 9.75. The monoisotopic (exact) mass is 559 g/mol. The van der Waals surface area contributed by atoms with Gasteiger partial charge in [0.1, 0.15) is 5.75 Å². The zero-order valence-corrected chi connectivity index (χ0v) is 21.4. The number of aryl methyl sites for hydroxylation is 2. The van der Waals surface area contributed by atoms with Gasteiger partial charge in [-0.05, 0) is 77.5 Å². The van der Waals surface area contributed by atoms with Crippen molar-refractivity contribution in [3.05, 3.63) is 74.9 Å². The Morgan fingerprint density at radius 1 is 1.17 bits per heavy atom. The molecule has 0 bridgehead atoms. The van der Waals surface area contributed by atoms with Crippen molar-refractivity contribution in [2.24, 2.45) is 0 Å². The molecule has 1 fully saturated rings. The predicted molar refractivity (Wildman–Crippen MR) is 134 cm³/mol. The van der Waals surface area contributed by atoms with Gasteiger partial charge in [0.2, 0.25) is 11.8 Å². The predicted octanol–water partition coefficient (Wildman–Crippen LogP) is 6.62. The molecule has 4 rings (SSSR count). The highest BCUT2D eigenvalue weighted by molar-refractivity contribution is 9.10. The second-order valence-electron chi connectivity index (χ2n) is 8.89. The summed E-state index contributed by atoms with van der Waals surface area (Å²) in [6, 6.07) is 11.3. The van der Waals surface area contributed by atoms with Crippen LogP contribution in [0.15, 0.2) is 47.1 Å². The quantitative estimate of drug-likeness (QED) is 0.366. The molecule has 1 saturated heterocycles. The highest BCUT2D eigenvalue weighted by atomic mass is 79.9. The van der Waals surface area contributed by atoms with Gasteiger partial charge in [0.05, 0.1) is 27.9 Å². The van der Waals surface area contributed by atoms with E-state index >= 15 is 0 Å². The fourth-order valence-corrected chi connectivity index (χ4v) is 4.56. The van der Waals surface area contributed by atoms with Gasteiger partial charge >= 0.3 is 6.18 Å². The van der Waals surface area contributed by atoms with Crippen LogP contribution in [0.2, 0.25) is 0 Å². The van der Waals surface area contributed by atoms with E-state index < -0.39 is 11.7 Å². The normalized spacial score (nSPS) is 14.9. The number of nitrogens with zero attached hydrogens (tertiary/aromatic N) is 4. The van der Waals surface area contributed by atoms with Gasteiger partial charge in [0.25, 0.3) is 0 Å². The number of nitrogens with one attached hydrogen (secondary N) is 1. The smallest absolute Gasteiger partial charge is 0.416 e. The Hall–Kier alpha value is -3.16. The SMILES string of the molecule is Cc1cc(C#N)cc(C)c1Oc1nc(NC2CCN(Cc3cccc(C(F)(F)F)c3)CC2)ncc1Br. The number of ether oxygens (including phenoxy) is 1. The third kappa shape index (κ3) is 6.33. The van der Waals surface area contributed by atoms with E-state index in [-0.39, 0.29) is 6.04 Å². The number of alkyl halides is 3. The van der Waals surface area contributed by atoms with Crippen LogP contribution in [0.4, 0.5) is 19.1 Å². The number of benzene rings is 2. The average Bonchev–Trinajstić information content (AvgIpc) is 2.84. The molecule has 1 aliphatic heterocycles. The molecule has 2 aromatic carbocycles. The molecule has 0 saturated carbocycles. The summed E-state index contributed by atoms with van der Waals surface area (Å²) >= 11 is 3.44. The summed E-state index contributed by atoms with van der Waals surface area (Å²) in [5, 5.41) is 12.5. The molecule has 1 N–H and O–H groups in total. The third-order valence-electron chi connectivity index (χ3n) is 6.08. The van der Waals surface area contributed by atoms with Crippen molar-refractivity contribution in [3.63, 3.8) is 0 Å². The second kappa shape index (κ2) is 10.8. The molecular weight excluding hydrogens is 535 g/mol. The first-order chi connectivity index (χ1) is 17.1. The molecule has 3 aromatic rings. The van der Waals surface area contributed by atoms with E-state index in [0.717, 1.165) is 43.1 Å². The van der Waals surface area contributed by atoms with Crippen LogP contribution >= 0.6 is 15.9 Å². The zero-order chi connectivity index (χ0) is 25.9. The molecule has 0 spiro atoms. The first-order valence-corrected chi connectivity index (χ1v) is 12.3. The van der Waals surface area contributed by atoms with Gasteiger partial charge in [-0.15, -0.1) is 0 Å². The van der Waals surface area contributed by atoms with E-state index in [1.54, 1.807) is 24.4 Å². The van der Waals surface area contributed by atoms with E-state index in [1.165, 1.54) is 12.1 Å². The number of rotatable bonds is 6. The Morgan fingerprint density at radius 3 is 2.50 bits per heavy atom. The van der Waals surface area contributed by atoms with Crippen LogP contribution in [0.3, 0.4) is 0 Å². The Balaban J connectivity index is 1.37. The molecule has 10 heteroatoms. The molecule has 6 nitrogen and oxygen atoms in total. The number of hydrogen-bond donors (Lipinski definition) is 1. The van der Waals surface area contributed by atoms with Gasteiger partial charge in [0, 0.05) is 25.7 Å². The van der Waals surface area contributed by atoms with Crippen LogP contribution in [0, 0.1) is 25.2 Å². The lowest BCUT2D eigenvalue weighted by atomic mass is 10.0. The molecular formula is C26H25BrF3N5O. The van der Waals surface area contributed by atoms with Gasteiger partial charge < -0.3 is 10.1 Å². The van der Waals surface area contributed by atoms with Gasteiger partial charge in [-0.1, -0.05) is 18.2 Å². The maximum absolute atomic E-state index is 13.0. The lowest BCUT2D eigenvalue weighted by Crippen LogP contribution is -2.39. The maximum atomic E-state index is 13.0. The molecule has 36 heavy (non-hydrogen) atoms. The lowest BCUT2D eigenvalue weighted by molar-refractivity contribution is -0.137. The summed E-state index contributed by atoms with van der Waals surface area (Å²) in [5.74, 6) is 1.45. The molecule has 2 heterocycles. The molecule has 1 aliphatic rings. The Morgan fingerprint density at radius 2 is 1.86 bits per heavy atom. The summed E-state index contributed by atoms with van der Waals surface area (Å²) in [6.45, 7) is 5.73. The molecule has 0 radical (unpaired) electrons. The maximum Gasteiger partial charge on any atom is 0.416 e. The van der Waals surface area contributed by atoms with Crippen molar-refractivity contribution in [2.75, 3.05) is 18.4 Å². The van der Waals surface area contributed by atoms with Crippen LogP contribution < -0.4 is 10.1 Å². The Labute approximate surface area is 216 Å². The minimum absolute atomic E-state index is 0.134. The number of anilines is 1. The molecule has 188 valence electrons. The summed E-state index contributed by atoms with van der Waals surface area (Å²) in [7, 11) is 0. The van der Waals surface area contributed by atoms with Crippen molar-refractivity contribution in [2.45, 2.75) is 45.5 Å². The van der Waals surface area contributed by atoms with E-state index in [4.69, 9.17) is 10.00 Å². The van der Waals surface area contributed by atoms with E-state index in [9.17, 15) is 13.2 Å². The number of hydrogen-bond acceptors (Lipinski definition) is 6. The lowest BCUT2D eigenvalue weighted by Gasteiger charge is -2.32. The third-order valence-corrected chi connectivity index (χ3v) is 6.63. The number of aromatic nitrogens is 2. The summed E-state index contributed by atoms with van der Waals surface area (Å²) < 4.78 is 45.7. The largest absolute Gasteiger partial charge is 0.437 e.